The maximum absolute atomic E-state index is 5.72. The number of halogens is 2. The third-order valence-electron chi connectivity index (χ3n) is 1.56. The van der Waals surface area contributed by atoms with Crippen molar-refractivity contribution in [2.24, 2.45) is 0 Å². The molecule has 1 rings (SSSR count). The van der Waals surface area contributed by atoms with Gasteiger partial charge in [0, 0.05) is 21.8 Å². The fraction of sp³-hybridized carbons (Fsp3) is 0.444. The summed E-state index contributed by atoms with van der Waals surface area (Å²) in [7, 11) is 0. The molecule has 0 aliphatic carbocycles. The Morgan fingerprint density at radius 1 is 1.69 bits per heavy atom. The first kappa shape index (κ1) is 11.3. The molecule has 0 N–H and O–H groups in total. The van der Waals surface area contributed by atoms with Crippen molar-refractivity contribution < 1.29 is 0 Å². The van der Waals surface area contributed by atoms with E-state index in [1.54, 1.807) is 11.8 Å². The molecule has 0 aliphatic rings. The molecule has 0 radical (unpaired) electrons. The average molecular weight is 281 g/mol. The van der Waals surface area contributed by atoms with E-state index in [-0.39, 0.29) is 0 Å². The summed E-state index contributed by atoms with van der Waals surface area (Å²) in [6.07, 6.45) is 1.83. The second kappa shape index (κ2) is 5.23. The normalized spacial score (nSPS) is 12.9. The van der Waals surface area contributed by atoms with Crippen molar-refractivity contribution in [3.63, 3.8) is 0 Å². The van der Waals surface area contributed by atoms with E-state index < -0.39 is 0 Å². The minimum atomic E-state index is 0.412. The van der Waals surface area contributed by atoms with E-state index in [4.69, 9.17) is 11.6 Å². The van der Waals surface area contributed by atoms with Crippen molar-refractivity contribution in [2.45, 2.75) is 24.1 Å². The zero-order chi connectivity index (χ0) is 9.84. The van der Waals surface area contributed by atoms with Crippen molar-refractivity contribution in [2.75, 3.05) is 5.88 Å². The van der Waals surface area contributed by atoms with E-state index in [1.807, 2.05) is 6.20 Å². The summed E-state index contributed by atoms with van der Waals surface area (Å²) in [6, 6.07) is 2.07. The largest absolute Gasteiger partial charge is 0.249 e. The number of hydrogen-bond acceptors (Lipinski definition) is 2. The van der Waals surface area contributed by atoms with E-state index in [2.05, 4.69) is 40.8 Å². The van der Waals surface area contributed by atoms with Crippen LogP contribution in [0.15, 0.2) is 21.8 Å². The van der Waals surface area contributed by atoms with Gasteiger partial charge < -0.3 is 0 Å². The highest BCUT2D eigenvalue weighted by Crippen LogP contribution is 2.25. The van der Waals surface area contributed by atoms with Gasteiger partial charge in [-0.1, -0.05) is 6.92 Å². The standard InChI is InChI=1S/C9H11BrClNS/c1-6-3-9(12-5-8(6)10)13-7(2)4-11/h3,5,7H,4H2,1-2H3. The number of rotatable bonds is 3. The van der Waals surface area contributed by atoms with Crippen LogP contribution in [0.5, 0.6) is 0 Å². The predicted molar refractivity (Wildman–Crippen MR) is 62.7 cm³/mol. The molecule has 0 amide bonds. The fourth-order valence-electron chi connectivity index (χ4n) is 0.816. The third kappa shape index (κ3) is 3.49. The van der Waals surface area contributed by atoms with Crippen molar-refractivity contribution in [3.8, 4) is 0 Å². The third-order valence-corrected chi connectivity index (χ3v) is 4.07. The Bertz CT molecular complexity index is 293. The monoisotopic (exact) mass is 279 g/mol. The average Bonchev–Trinajstić information content (AvgIpc) is 2.11. The number of thioether (sulfide) groups is 1. The molecule has 0 aromatic carbocycles. The van der Waals surface area contributed by atoms with Crippen molar-refractivity contribution in [3.05, 3.63) is 22.3 Å². The van der Waals surface area contributed by atoms with Gasteiger partial charge in [0.05, 0.1) is 5.03 Å². The lowest BCUT2D eigenvalue weighted by molar-refractivity contribution is 1.06. The molecular formula is C9H11BrClNS. The minimum absolute atomic E-state index is 0.412. The first-order valence-electron chi connectivity index (χ1n) is 3.98. The van der Waals surface area contributed by atoms with E-state index in [1.165, 1.54) is 5.56 Å². The predicted octanol–water partition coefficient (Wildman–Crippen LogP) is 3.87. The molecule has 0 fully saturated rings. The van der Waals surface area contributed by atoms with Crippen LogP contribution < -0.4 is 0 Å². The van der Waals surface area contributed by atoms with Gasteiger partial charge in [-0.3, -0.25) is 0 Å². The summed E-state index contributed by atoms with van der Waals surface area (Å²) >= 11 is 10.8. The molecule has 0 saturated heterocycles. The van der Waals surface area contributed by atoms with Crippen LogP contribution in [0.25, 0.3) is 0 Å². The second-order valence-electron chi connectivity index (χ2n) is 2.85. The lowest BCUT2D eigenvalue weighted by Gasteiger charge is -2.07. The lowest BCUT2D eigenvalue weighted by atomic mass is 10.3. The number of nitrogens with zero attached hydrogens (tertiary/aromatic N) is 1. The summed E-state index contributed by atoms with van der Waals surface area (Å²) in [5.74, 6) is 0.654. The first-order chi connectivity index (χ1) is 6.13. The Morgan fingerprint density at radius 2 is 2.38 bits per heavy atom. The molecule has 1 heterocycles. The molecule has 1 aromatic heterocycles. The van der Waals surface area contributed by atoms with E-state index in [0.29, 0.717) is 11.1 Å². The molecular weight excluding hydrogens is 270 g/mol. The lowest BCUT2D eigenvalue weighted by Crippen LogP contribution is -1.97. The maximum Gasteiger partial charge on any atom is 0.0966 e. The highest BCUT2D eigenvalue weighted by molar-refractivity contribution is 9.10. The highest BCUT2D eigenvalue weighted by atomic mass is 79.9. The van der Waals surface area contributed by atoms with Crippen LogP contribution in [-0.2, 0) is 0 Å². The van der Waals surface area contributed by atoms with Gasteiger partial charge >= 0.3 is 0 Å². The van der Waals surface area contributed by atoms with E-state index in [0.717, 1.165) is 9.50 Å². The molecule has 1 aromatic rings. The summed E-state index contributed by atoms with van der Waals surface area (Å²) in [5, 5.41) is 1.45. The van der Waals surface area contributed by atoms with Gasteiger partial charge in [0.1, 0.15) is 0 Å². The van der Waals surface area contributed by atoms with Crippen LogP contribution >= 0.6 is 39.3 Å². The van der Waals surface area contributed by atoms with Crippen LogP contribution in [0.1, 0.15) is 12.5 Å². The first-order valence-corrected chi connectivity index (χ1v) is 6.19. The van der Waals surface area contributed by atoms with E-state index >= 15 is 0 Å². The second-order valence-corrected chi connectivity index (χ2v) is 5.48. The molecule has 1 atom stereocenters. The van der Waals surface area contributed by atoms with Crippen LogP contribution in [-0.4, -0.2) is 16.1 Å². The van der Waals surface area contributed by atoms with Crippen molar-refractivity contribution in [1.29, 1.82) is 0 Å². The smallest absolute Gasteiger partial charge is 0.0966 e. The quantitative estimate of drug-likeness (QED) is 0.616. The zero-order valence-corrected chi connectivity index (χ0v) is 10.7. The highest BCUT2D eigenvalue weighted by Gasteiger charge is 2.04. The Labute approximate surface area is 96.4 Å². The summed E-state index contributed by atoms with van der Waals surface area (Å²) in [6.45, 7) is 4.15. The Hall–Kier alpha value is 0.270. The minimum Gasteiger partial charge on any atom is -0.249 e. The molecule has 0 bridgehead atoms. The summed E-state index contributed by atoms with van der Waals surface area (Å²) in [5.41, 5.74) is 1.21. The van der Waals surface area contributed by atoms with Gasteiger partial charge in [0.2, 0.25) is 0 Å². The van der Waals surface area contributed by atoms with Crippen LogP contribution in [0, 0.1) is 6.92 Å². The van der Waals surface area contributed by atoms with Gasteiger partial charge in [-0.05, 0) is 34.5 Å². The number of alkyl halides is 1. The molecule has 0 aliphatic heterocycles. The number of hydrogen-bond donors (Lipinski definition) is 0. The topological polar surface area (TPSA) is 12.9 Å². The molecule has 4 heteroatoms. The molecule has 13 heavy (non-hydrogen) atoms. The number of aromatic nitrogens is 1. The van der Waals surface area contributed by atoms with Crippen molar-refractivity contribution >= 4 is 39.3 Å². The maximum atomic E-state index is 5.72. The Morgan fingerprint density at radius 3 is 2.92 bits per heavy atom. The van der Waals surface area contributed by atoms with Gasteiger partial charge in [0.25, 0.3) is 0 Å². The van der Waals surface area contributed by atoms with Gasteiger partial charge in [0.15, 0.2) is 0 Å². The van der Waals surface area contributed by atoms with E-state index in [9.17, 15) is 0 Å². The van der Waals surface area contributed by atoms with Crippen LogP contribution in [0.4, 0.5) is 0 Å². The molecule has 1 nitrogen and oxygen atoms in total. The molecule has 0 spiro atoms. The van der Waals surface area contributed by atoms with Crippen LogP contribution in [0.3, 0.4) is 0 Å². The summed E-state index contributed by atoms with van der Waals surface area (Å²) in [4.78, 5) is 4.28. The Kier molecular flexibility index (Phi) is 4.56. The van der Waals surface area contributed by atoms with Crippen molar-refractivity contribution in [1.82, 2.24) is 4.98 Å². The number of pyridine rings is 1. The van der Waals surface area contributed by atoms with Gasteiger partial charge in [-0.2, -0.15) is 0 Å². The fourth-order valence-corrected chi connectivity index (χ4v) is 2.06. The number of aryl methyl sites for hydroxylation is 1. The SMILES string of the molecule is Cc1cc(SC(C)CCl)ncc1Br. The van der Waals surface area contributed by atoms with Crippen LogP contribution in [0.2, 0.25) is 0 Å². The molecule has 1 unspecified atom stereocenters. The van der Waals surface area contributed by atoms with Gasteiger partial charge in [-0.25, -0.2) is 4.98 Å². The zero-order valence-electron chi connectivity index (χ0n) is 7.55. The van der Waals surface area contributed by atoms with Gasteiger partial charge in [-0.15, -0.1) is 23.4 Å². The Balaban J connectivity index is 2.73. The molecule has 0 saturated carbocycles. The summed E-state index contributed by atoms with van der Waals surface area (Å²) < 4.78 is 1.05. The molecule has 72 valence electrons.